The van der Waals surface area contributed by atoms with Crippen molar-refractivity contribution in [3.63, 3.8) is 0 Å². The molecule has 6 heteroatoms. The standard InChI is InChI=1S/C10H11NO5/c1-7(12)16-9-4-2-8(3-5-9)10(13)6-11(14)15/h2-5,10,13H,6H2,1H3. The van der Waals surface area contributed by atoms with Gasteiger partial charge in [0.2, 0.25) is 6.54 Å². The lowest BCUT2D eigenvalue weighted by atomic mass is 10.1. The number of ether oxygens (including phenoxy) is 1. The molecule has 0 saturated carbocycles. The van der Waals surface area contributed by atoms with E-state index in [9.17, 15) is 20.0 Å². The molecule has 1 N–H and O–H groups in total. The molecule has 0 heterocycles. The summed E-state index contributed by atoms with van der Waals surface area (Å²) < 4.78 is 4.78. The minimum Gasteiger partial charge on any atom is -0.427 e. The topological polar surface area (TPSA) is 89.7 Å². The first-order valence-electron chi connectivity index (χ1n) is 4.57. The highest BCUT2D eigenvalue weighted by Gasteiger charge is 2.13. The number of esters is 1. The van der Waals surface area contributed by atoms with Crippen LogP contribution in [0.3, 0.4) is 0 Å². The second kappa shape index (κ2) is 5.22. The van der Waals surface area contributed by atoms with Crippen molar-refractivity contribution in [2.75, 3.05) is 6.54 Å². The largest absolute Gasteiger partial charge is 0.427 e. The molecule has 0 spiro atoms. The molecular weight excluding hydrogens is 214 g/mol. The van der Waals surface area contributed by atoms with E-state index in [1.54, 1.807) is 0 Å². The van der Waals surface area contributed by atoms with Crippen LogP contribution in [0.25, 0.3) is 0 Å². The summed E-state index contributed by atoms with van der Waals surface area (Å²) in [4.78, 5) is 20.2. The molecule has 16 heavy (non-hydrogen) atoms. The number of aliphatic hydroxyl groups is 1. The molecule has 0 aliphatic heterocycles. The first-order valence-corrected chi connectivity index (χ1v) is 4.57. The van der Waals surface area contributed by atoms with E-state index in [0.717, 1.165) is 0 Å². The van der Waals surface area contributed by atoms with Crippen molar-refractivity contribution in [2.24, 2.45) is 0 Å². The maximum absolute atomic E-state index is 10.6. The molecule has 0 amide bonds. The van der Waals surface area contributed by atoms with Gasteiger partial charge in [0.05, 0.1) is 0 Å². The molecule has 1 aromatic rings. The van der Waals surface area contributed by atoms with Crippen LogP contribution in [-0.4, -0.2) is 22.5 Å². The smallest absolute Gasteiger partial charge is 0.308 e. The average Bonchev–Trinajstić information content (AvgIpc) is 2.16. The van der Waals surface area contributed by atoms with Crippen LogP contribution < -0.4 is 4.74 Å². The normalized spacial score (nSPS) is 11.9. The highest BCUT2D eigenvalue weighted by Crippen LogP contribution is 2.17. The third-order valence-electron chi connectivity index (χ3n) is 1.85. The molecule has 1 rings (SSSR count). The summed E-state index contributed by atoms with van der Waals surface area (Å²) in [6.07, 6.45) is -1.15. The molecule has 0 aliphatic carbocycles. The van der Waals surface area contributed by atoms with Crippen molar-refractivity contribution in [1.29, 1.82) is 0 Å². The molecule has 0 aromatic heterocycles. The van der Waals surface area contributed by atoms with E-state index < -0.39 is 23.5 Å². The minimum absolute atomic E-state index is 0.338. The van der Waals surface area contributed by atoms with E-state index in [1.807, 2.05) is 0 Å². The zero-order valence-electron chi connectivity index (χ0n) is 8.62. The summed E-state index contributed by atoms with van der Waals surface area (Å²) in [7, 11) is 0. The Kier molecular flexibility index (Phi) is 3.96. The first-order chi connectivity index (χ1) is 7.49. The number of hydrogen-bond donors (Lipinski definition) is 1. The van der Waals surface area contributed by atoms with Gasteiger partial charge in [-0.3, -0.25) is 14.9 Å². The predicted octanol–water partition coefficient (Wildman–Crippen LogP) is 0.922. The van der Waals surface area contributed by atoms with E-state index in [0.29, 0.717) is 11.3 Å². The van der Waals surface area contributed by atoms with Crippen LogP contribution in [0, 0.1) is 10.1 Å². The van der Waals surface area contributed by atoms with Crippen LogP contribution in [0.5, 0.6) is 5.75 Å². The Hall–Kier alpha value is -1.95. The van der Waals surface area contributed by atoms with Crippen molar-refractivity contribution < 1.29 is 19.6 Å². The summed E-state index contributed by atoms with van der Waals surface area (Å²) >= 11 is 0. The van der Waals surface area contributed by atoms with Crippen LogP contribution in [-0.2, 0) is 4.79 Å². The van der Waals surface area contributed by atoms with Crippen molar-refractivity contribution >= 4 is 5.97 Å². The van der Waals surface area contributed by atoms with Gasteiger partial charge in [-0.2, -0.15) is 0 Å². The van der Waals surface area contributed by atoms with E-state index in [4.69, 9.17) is 4.74 Å². The molecule has 0 fully saturated rings. The van der Waals surface area contributed by atoms with Crippen LogP contribution in [0.1, 0.15) is 18.6 Å². The minimum atomic E-state index is -1.15. The zero-order valence-corrected chi connectivity index (χ0v) is 8.62. The second-order valence-electron chi connectivity index (χ2n) is 3.19. The van der Waals surface area contributed by atoms with Crippen LogP contribution in [0.15, 0.2) is 24.3 Å². The van der Waals surface area contributed by atoms with Gasteiger partial charge in [-0.05, 0) is 17.7 Å². The number of benzene rings is 1. The van der Waals surface area contributed by atoms with Gasteiger partial charge in [0.1, 0.15) is 11.9 Å². The number of rotatable bonds is 4. The van der Waals surface area contributed by atoms with Crippen molar-refractivity contribution in [3.8, 4) is 5.75 Å². The van der Waals surface area contributed by atoms with Gasteiger partial charge in [-0.25, -0.2) is 0 Å². The average molecular weight is 225 g/mol. The van der Waals surface area contributed by atoms with Crippen molar-refractivity contribution in [3.05, 3.63) is 39.9 Å². The molecule has 0 saturated heterocycles. The molecule has 1 unspecified atom stereocenters. The van der Waals surface area contributed by atoms with Gasteiger partial charge in [0.25, 0.3) is 0 Å². The Morgan fingerprint density at radius 2 is 2.06 bits per heavy atom. The number of aliphatic hydroxyl groups excluding tert-OH is 1. The number of nitro groups is 1. The van der Waals surface area contributed by atoms with Crippen LogP contribution in [0.4, 0.5) is 0 Å². The van der Waals surface area contributed by atoms with Gasteiger partial charge in [-0.1, -0.05) is 12.1 Å². The predicted molar refractivity (Wildman–Crippen MR) is 54.6 cm³/mol. The number of nitrogens with zero attached hydrogens (tertiary/aromatic N) is 1. The zero-order chi connectivity index (χ0) is 12.1. The van der Waals surface area contributed by atoms with Crippen molar-refractivity contribution in [1.82, 2.24) is 0 Å². The highest BCUT2D eigenvalue weighted by atomic mass is 16.6. The molecule has 1 aromatic carbocycles. The van der Waals surface area contributed by atoms with E-state index >= 15 is 0 Å². The Morgan fingerprint density at radius 3 is 2.50 bits per heavy atom. The fourth-order valence-electron chi connectivity index (χ4n) is 1.17. The van der Waals surface area contributed by atoms with E-state index in [-0.39, 0.29) is 0 Å². The second-order valence-corrected chi connectivity index (χ2v) is 3.19. The van der Waals surface area contributed by atoms with E-state index in [1.165, 1.54) is 31.2 Å². The first kappa shape index (κ1) is 12.1. The Labute approximate surface area is 91.6 Å². The molecule has 0 radical (unpaired) electrons. The fourth-order valence-corrected chi connectivity index (χ4v) is 1.17. The summed E-state index contributed by atoms with van der Waals surface area (Å²) in [6.45, 7) is 0.725. The third-order valence-corrected chi connectivity index (χ3v) is 1.85. The maximum Gasteiger partial charge on any atom is 0.308 e. The third kappa shape index (κ3) is 3.66. The van der Waals surface area contributed by atoms with Gasteiger partial charge < -0.3 is 9.84 Å². The highest BCUT2D eigenvalue weighted by molar-refractivity contribution is 5.69. The van der Waals surface area contributed by atoms with Gasteiger partial charge in [-0.15, -0.1) is 0 Å². The monoisotopic (exact) mass is 225 g/mol. The molecular formula is C10H11NO5. The van der Waals surface area contributed by atoms with Crippen LogP contribution in [0.2, 0.25) is 0 Å². The number of carbonyl (C=O) groups excluding carboxylic acids is 1. The molecule has 86 valence electrons. The lowest BCUT2D eigenvalue weighted by molar-refractivity contribution is -0.491. The fraction of sp³-hybridized carbons (Fsp3) is 0.300. The molecule has 0 aliphatic rings. The summed E-state index contributed by atoms with van der Waals surface area (Å²) in [6, 6.07) is 5.90. The SMILES string of the molecule is CC(=O)Oc1ccc(C(O)C[N+](=O)[O-])cc1. The molecule has 6 nitrogen and oxygen atoms in total. The molecule has 1 atom stereocenters. The van der Waals surface area contributed by atoms with Gasteiger partial charge >= 0.3 is 5.97 Å². The Bertz CT molecular complexity index is 387. The quantitative estimate of drug-likeness (QED) is 0.356. The number of hydrogen-bond acceptors (Lipinski definition) is 5. The maximum atomic E-state index is 10.6. The van der Waals surface area contributed by atoms with Gasteiger partial charge in [0.15, 0.2) is 0 Å². The lowest BCUT2D eigenvalue weighted by Gasteiger charge is -2.07. The van der Waals surface area contributed by atoms with Gasteiger partial charge in [0, 0.05) is 11.8 Å². The summed E-state index contributed by atoms with van der Waals surface area (Å²) in [5, 5.41) is 19.6. The molecule has 0 bridgehead atoms. The van der Waals surface area contributed by atoms with Crippen molar-refractivity contribution in [2.45, 2.75) is 13.0 Å². The Balaban J connectivity index is 2.70. The summed E-state index contributed by atoms with van der Waals surface area (Å²) in [5.74, 6) is -0.108. The Morgan fingerprint density at radius 1 is 1.50 bits per heavy atom. The van der Waals surface area contributed by atoms with Crippen LogP contribution >= 0.6 is 0 Å². The van der Waals surface area contributed by atoms with E-state index in [2.05, 4.69) is 0 Å². The number of carbonyl (C=O) groups is 1. The summed E-state index contributed by atoms with van der Waals surface area (Å²) in [5.41, 5.74) is 0.410. The lowest BCUT2D eigenvalue weighted by Crippen LogP contribution is -2.11.